The zero-order chi connectivity index (χ0) is 11.1. The maximum atomic E-state index is 11.1. The summed E-state index contributed by atoms with van der Waals surface area (Å²) < 4.78 is 4.78. The highest BCUT2D eigenvalue weighted by Gasteiger charge is 2.01. The van der Waals surface area contributed by atoms with E-state index in [4.69, 9.17) is 4.74 Å². The SMILES string of the molecule is CCOC(=O)Nc1cccc(CNC)c1. The molecular formula is C11H16N2O2. The molecule has 4 nitrogen and oxygen atoms in total. The molecule has 1 rings (SSSR count). The Balaban J connectivity index is 2.60. The number of benzene rings is 1. The van der Waals surface area contributed by atoms with E-state index in [0.717, 1.165) is 17.8 Å². The molecule has 82 valence electrons. The number of ether oxygens (including phenoxy) is 1. The molecular weight excluding hydrogens is 192 g/mol. The van der Waals surface area contributed by atoms with Crippen LogP contribution < -0.4 is 10.6 Å². The van der Waals surface area contributed by atoms with Gasteiger partial charge in [0, 0.05) is 12.2 Å². The first-order chi connectivity index (χ1) is 7.26. The molecule has 0 aliphatic heterocycles. The predicted octanol–water partition coefficient (Wildman–Crippen LogP) is 1.97. The number of rotatable bonds is 4. The Morgan fingerprint density at radius 3 is 2.93 bits per heavy atom. The van der Waals surface area contributed by atoms with E-state index in [1.54, 1.807) is 6.92 Å². The normalized spacial score (nSPS) is 9.73. The first kappa shape index (κ1) is 11.5. The molecule has 0 bridgehead atoms. The van der Waals surface area contributed by atoms with Gasteiger partial charge in [-0.2, -0.15) is 0 Å². The Labute approximate surface area is 89.6 Å². The molecule has 1 amide bonds. The molecule has 0 aliphatic rings. The number of amides is 1. The van der Waals surface area contributed by atoms with Gasteiger partial charge in [-0.3, -0.25) is 5.32 Å². The summed E-state index contributed by atoms with van der Waals surface area (Å²) >= 11 is 0. The van der Waals surface area contributed by atoms with Gasteiger partial charge in [0.1, 0.15) is 0 Å². The Bertz CT molecular complexity index is 326. The van der Waals surface area contributed by atoms with Crippen molar-refractivity contribution in [1.29, 1.82) is 0 Å². The van der Waals surface area contributed by atoms with Crippen molar-refractivity contribution in [2.45, 2.75) is 13.5 Å². The highest BCUT2D eigenvalue weighted by Crippen LogP contribution is 2.10. The van der Waals surface area contributed by atoms with Gasteiger partial charge >= 0.3 is 6.09 Å². The number of carbonyl (C=O) groups is 1. The van der Waals surface area contributed by atoms with Crippen molar-refractivity contribution in [2.75, 3.05) is 19.0 Å². The van der Waals surface area contributed by atoms with Gasteiger partial charge in [-0.1, -0.05) is 12.1 Å². The lowest BCUT2D eigenvalue weighted by Crippen LogP contribution is -2.13. The van der Waals surface area contributed by atoms with E-state index in [9.17, 15) is 4.79 Å². The third kappa shape index (κ3) is 3.99. The molecule has 0 unspecified atom stereocenters. The summed E-state index contributed by atoms with van der Waals surface area (Å²) in [4.78, 5) is 11.1. The van der Waals surface area contributed by atoms with Crippen LogP contribution in [-0.2, 0) is 11.3 Å². The topological polar surface area (TPSA) is 50.4 Å². The molecule has 4 heteroatoms. The van der Waals surface area contributed by atoms with Crippen LogP contribution in [0.2, 0.25) is 0 Å². The second-order valence-corrected chi connectivity index (χ2v) is 3.08. The minimum absolute atomic E-state index is 0.377. The quantitative estimate of drug-likeness (QED) is 0.795. The molecule has 0 heterocycles. The van der Waals surface area contributed by atoms with E-state index >= 15 is 0 Å². The van der Waals surface area contributed by atoms with Crippen molar-refractivity contribution >= 4 is 11.8 Å². The first-order valence-electron chi connectivity index (χ1n) is 4.93. The Morgan fingerprint density at radius 1 is 1.47 bits per heavy atom. The molecule has 0 aliphatic carbocycles. The third-order valence-corrected chi connectivity index (χ3v) is 1.83. The van der Waals surface area contributed by atoms with Gasteiger partial charge in [-0.05, 0) is 31.7 Å². The van der Waals surface area contributed by atoms with Crippen LogP contribution in [0.25, 0.3) is 0 Å². The second kappa shape index (κ2) is 6.03. The van der Waals surface area contributed by atoms with E-state index < -0.39 is 6.09 Å². The van der Waals surface area contributed by atoms with Crippen LogP contribution in [0.15, 0.2) is 24.3 Å². The Kier molecular flexibility index (Phi) is 4.63. The van der Waals surface area contributed by atoms with Crippen molar-refractivity contribution < 1.29 is 9.53 Å². The lowest BCUT2D eigenvalue weighted by Gasteiger charge is -2.06. The Hall–Kier alpha value is -1.55. The predicted molar refractivity (Wildman–Crippen MR) is 59.9 cm³/mol. The van der Waals surface area contributed by atoms with Gasteiger partial charge in [0.2, 0.25) is 0 Å². The lowest BCUT2D eigenvalue weighted by molar-refractivity contribution is 0.168. The number of carbonyl (C=O) groups excluding carboxylic acids is 1. The van der Waals surface area contributed by atoms with Crippen LogP contribution in [0.3, 0.4) is 0 Å². The number of hydrogen-bond donors (Lipinski definition) is 2. The molecule has 2 N–H and O–H groups in total. The fraction of sp³-hybridized carbons (Fsp3) is 0.364. The molecule has 0 radical (unpaired) electrons. The standard InChI is InChI=1S/C11H16N2O2/c1-3-15-11(14)13-10-6-4-5-9(7-10)8-12-2/h4-7,12H,3,8H2,1-2H3,(H,13,14). The summed E-state index contributed by atoms with van der Waals surface area (Å²) in [5.74, 6) is 0. The minimum Gasteiger partial charge on any atom is -0.450 e. The monoisotopic (exact) mass is 208 g/mol. The summed E-state index contributed by atoms with van der Waals surface area (Å²) in [7, 11) is 1.88. The summed E-state index contributed by atoms with van der Waals surface area (Å²) in [6.07, 6.45) is -0.417. The summed E-state index contributed by atoms with van der Waals surface area (Å²) in [6.45, 7) is 2.93. The molecule has 1 aromatic rings. The van der Waals surface area contributed by atoms with Gasteiger partial charge in [-0.25, -0.2) is 4.79 Å². The highest BCUT2D eigenvalue weighted by molar-refractivity contribution is 5.84. The molecule has 0 atom stereocenters. The summed E-state index contributed by atoms with van der Waals surface area (Å²) in [5.41, 5.74) is 1.87. The van der Waals surface area contributed by atoms with E-state index in [-0.39, 0.29) is 0 Å². The van der Waals surface area contributed by atoms with Crippen molar-refractivity contribution in [2.24, 2.45) is 0 Å². The smallest absolute Gasteiger partial charge is 0.411 e. The number of hydrogen-bond acceptors (Lipinski definition) is 3. The second-order valence-electron chi connectivity index (χ2n) is 3.08. The molecule has 15 heavy (non-hydrogen) atoms. The van der Waals surface area contributed by atoms with Crippen molar-refractivity contribution in [3.05, 3.63) is 29.8 Å². The van der Waals surface area contributed by atoms with E-state index in [1.807, 2.05) is 31.3 Å². The van der Waals surface area contributed by atoms with Gasteiger partial charge < -0.3 is 10.1 Å². The van der Waals surface area contributed by atoms with Gasteiger partial charge in [0.25, 0.3) is 0 Å². The third-order valence-electron chi connectivity index (χ3n) is 1.83. The minimum atomic E-state index is -0.417. The van der Waals surface area contributed by atoms with Gasteiger partial charge in [0.05, 0.1) is 6.61 Å². The maximum Gasteiger partial charge on any atom is 0.411 e. The highest BCUT2D eigenvalue weighted by atomic mass is 16.5. The zero-order valence-electron chi connectivity index (χ0n) is 9.04. The van der Waals surface area contributed by atoms with E-state index in [0.29, 0.717) is 6.61 Å². The zero-order valence-corrected chi connectivity index (χ0v) is 9.04. The van der Waals surface area contributed by atoms with Crippen LogP contribution in [0.4, 0.5) is 10.5 Å². The van der Waals surface area contributed by atoms with Crippen LogP contribution in [0.1, 0.15) is 12.5 Å². The van der Waals surface area contributed by atoms with E-state index in [2.05, 4.69) is 10.6 Å². The first-order valence-corrected chi connectivity index (χ1v) is 4.93. The molecule has 0 spiro atoms. The maximum absolute atomic E-state index is 11.1. The van der Waals surface area contributed by atoms with Crippen LogP contribution in [0.5, 0.6) is 0 Å². The molecule has 0 fully saturated rings. The fourth-order valence-electron chi connectivity index (χ4n) is 1.25. The van der Waals surface area contributed by atoms with Gasteiger partial charge in [0.15, 0.2) is 0 Å². The van der Waals surface area contributed by atoms with Gasteiger partial charge in [-0.15, -0.1) is 0 Å². The van der Waals surface area contributed by atoms with Crippen LogP contribution >= 0.6 is 0 Å². The molecule has 0 saturated heterocycles. The fourth-order valence-corrected chi connectivity index (χ4v) is 1.25. The Morgan fingerprint density at radius 2 is 2.27 bits per heavy atom. The summed E-state index contributed by atoms with van der Waals surface area (Å²) in [5, 5.41) is 5.70. The van der Waals surface area contributed by atoms with Crippen LogP contribution in [0, 0.1) is 0 Å². The molecule has 1 aromatic carbocycles. The molecule has 0 saturated carbocycles. The number of anilines is 1. The van der Waals surface area contributed by atoms with Crippen LogP contribution in [-0.4, -0.2) is 19.7 Å². The summed E-state index contributed by atoms with van der Waals surface area (Å²) in [6, 6.07) is 7.63. The van der Waals surface area contributed by atoms with E-state index in [1.165, 1.54) is 0 Å². The largest absolute Gasteiger partial charge is 0.450 e. The van der Waals surface area contributed by atoms with Crippen molar-refractivity contribution in [1.82, 2.24) is 5.32 Å². The lowest BCUT2D eigenvalue weighted by atomic mass is 10.2. The van der Waals surface area contributed by atoms with Crippen molar-refractivity contribution in [3.63, 3.8) is 0 Å². The van der Waals surface area contributed by atoms with Crippen molar-refractivity contribution in [3.8, 4) is 0 Å². The molecule has 0 aromatic heterocycles. The average molecular weight is 208 g/mol. The average Bonchev–Trinajstić information content (AvgIpc) is 2.19. The number of nitrogens with one attached hydrogen (secondary N) is 2.